The third-order valence-electron chi connectivity index (χ3n) is 2.99. The summed E-state index contributed by atoms with van der Waals surface area (Å²) in [5.74, 6) is -2.16. The van der Waals surface area contributed by atoms with Gasteiger partial charge < -0.3 is 19.8 Å². The van der Waals surface area contributed by atoms with Crippen molar-refractivity contribution in [2.75, 3.05) is 19.9 Å². The minimum absolute atomic E-state index is 0.0482. The molecule has 0 unspecified atom stereocenters. The van der Waals surface area contributed by atoms with E-state index in [4.69, 9.17) is 10.00 Å². The average Bonchev–Trinajstić information content (AvgIpc) is 3.01. The first-order valence-corrected chi connectivity index (χ1v) is 6.13. The second-order valence-electron chi connectivity index (χ2n) is 4.44. The van der Waals surface area contributed by atoms with E-state index in [2.05, 4.69) is 0 Å². The molecule has 1 aromatic rings. The summed E-state index contributed by atoms with van der Waals surface area (Å²) >= 11 is 0. The topological polar surface area (TPSA) is 137 Å². The van der Waals surface area contributed by atoms with Gasteiger partial charge in [0.1, 0.15) is 18.4 Å². The summed E-state index contributed by atoms with van der Waals surface area (Å²) in [6.45, 7) is 0.785. The number of carbonyl (C=O) groups is 1. The van der Waals surface area contributed by atoms with Gasteiger partial charge in [-0.1, -0.05) is 0 Å². The van der Waals surface area contributed by atoms with E-state index in [0.29, 0.717) is 13.2 Å². The molecule has 22 heavy (non-hydrogen) atoms. The lowest BCUT2D eigenvalue weighted by atomic mass is 10.1. The maximum atomic E-state index is 12.1. The summed E-state index contributed by atoms with van der Waals surface area (Å²) in [5.41, 5.74) is -0.933. The Hall–Kier alpha value is -3.12. The summed E-state index contributed by atoms with van der Waals surface area (Å²) in [4.78, 5) is 23.3. The van der Waals surface area contributed by atoms with E-state index in [1.165, 1.54) is 4.90 Å². The van der Waals surface area contributed by atoms with Crippen molar-refractivity contribution >= 4 is 17.7 Å². The molecule has 9 nitrogen and oxygen atoms in total. The van der Waals surface area contributed by atoms with Crippen LogP contribution < -0.4 is 0 Å². The van der Waals surface area contributed by atoms with Crippen LogP contribution in [0.4, 0.5) is 5.69 Å². The number of carbonyl (C=O) groups excluding carboxylic acids is 1. The highest BCUT2D eigenvalue weighted by atomic mass is 16.6. The summed E-state index contributed by atoms with van der Waals surface area (Å²) in [6, 6.07) is 3.69. The lowest BCUT2D eigenvalue weighted by Gasteiger charge is -2.12. The number of nitro groups is 1. The van der Waals surface area contributed by atoms with Crippen LogP contribution in [0.1, 0.15) is 5.56 Å². The van der Waals surface area contributed by atoms with Crippen LogP contribution in [0, 0.1) is 21.4 Å². The largest absolute Gasteiger partial charge is 0.504 e. The minimum Gasteiger partial charge on any atom is -0.504 e. The standard InChI is InChI=1S/C13H11N3O6/c14-6-9(13(19)15-1-2-22-7-15)3-8-4-10(16(20)21)12(18)11(17)5-8/h3-5,17-18H,1-2,7H2/b9-3+. The van der Waals surface area contributed by atoms with E-state index in [9.17, 15) is 25.1 Å². The molecule has 9 heteroatoms. The molecule has 0 aliphatic carbocycles. The fraction of sp³-hybridized carbons (Fsp3) is 0.231. The maximum Gasteiger partial charge on any atom is 0.315 e. The number of nitro benzene ring substituents is 1. The molecule has 1 saturated heterocycles. The Kier molecular flexibility index (Phi) is 4.24. The number of phenols is 2. The highest BCUT2D eigenvalue weighted by Crippen LogP contribution is 2.36. The monoisotopic (exact) mass is 305 g/mol. The molecule has 1 amide bonds. The molecule has 0 saturated carbocycles. The zero-order valence-corrected chi connectivity index (χ0v) is 11.2. The SMILES string of the molecule is N#C/C(=C\c1cc(O)c(O)c([N+](=O)[O-])c1)C(=O)N1CCOC1. The van der Waals surface area contributed by atoms with Crippen LogP contribution in [-0.2, 0) is 9.53 Å². The fourth-order valence-electron chi connectivity index (χ4n) is 1.90. The van der Waals surface area contributed by atoms with Crippen molar-refractivity contribution in [2.24, 2.45) is 0 Å². The average molecular weight is 305 g/mol. The Morgan fingerprint density at radius 3 is 2.77 bits per heavy atom. The lowest BCUT2D eigenvalue weighted by molar-refractivity contribution is -0.386. The van der Waals surface area contributed by atoms with Gasteiger partial charge in [-0.2, -0.15) is 5.26 Å². The number of rotatable bonds is 3. The van der Waals surface area contributed by atoms with Crippen molar-refractivity contribution in [1.82, 2.24) is 4.90 Å². The first-order valence-electron chi connectivity index (χ1n) is 6.13. The number of hydrogen-bond donors (Lipinski definition) is 2. The number of aromatic hydroxyl groups is 2. The van der Waals surface area contributed by atoms with E-state index in [1.54, 1.807) is 6.07 Å². The van der Waals surface area contributed by atoms with Crippen molar-refractivity contribution in [2.45, 2.75) is 0 Å². The van der Waals surface area contributed by atoms with Crippen LogP contribution in [0.2, 0.25) is 0 Å². The van der Waals surface area contributed by atoms with Crippen molar-refractivity contribution in [1.29, 1.82) is 5.26 Å². The van der Waals surface area contributed by atoms with E-state index >= 15 is 0 Å². The number of nitrogens with zero attached hydrogens (tertiary/aromatic N) is 3. The molecular weight excluding hydrogens is 294 g/mol. The summed E-state index contributed by atoms with van der Waals surface area (Å²) in [6.07, 6.45) is 1.10. The number of phenolic OH excluding ortho intramolecular Hbond substituents is 2. The Morgan fingerprint density at radius 1 is 1.50 bits per heavy atom. The molecule has 0 atom stereocenters. The molecule has 0 radical (unpaired) electrons. The summed E-state index contributed by atoms with van der Waals surface area (Å²) in [5, 5.41) is 38.7. The molecular formula is C13H11N3O6. The molecule has 114 valence electrons. The minimum atomic E-state index is -0.880. The van der Waals surface area contributed by atoms with Crippen molar-refractivity contribution < 1.29 is 24.7 Å². The number of nitriles is 1. The molecule has 0 bridgehead atoms. The normalized spacial score (nSPS) is 14.7. The van der Waals surface area contributed by atoms with Gasteiger partial charge in [0, 0.05) is 12.6 Å². The third kappa shape index (κ3) is 2.97. The van der Waals surface area contributed by atoms with Crippen LogP contribution in [0.25, 0.3) is 6.08 Å². The second kappa shape index (κ2) is 6.11. The summed E-state index contributed by atoms with van der Waals surface area (Å²) in [7, 11) is 0. The van der Waals surface area contributed by atoms with Gasteiger partial charge in [-0.15, -0.1) is 0 Å². The quantitative estimate of drug-likeness (QED) is 0.276. The van der Waals surface area contributed by atoms with Gasteiger partial charge in [-0.25, -0.2) is 0 Å². The van der Waals surface area contributed by atoms with Gasteiger partial charge in [0.05, 0.1) is 11.5 Å². The highest BCUT2D eigenvalue weighted by molar-refractivity contribution is 6.01. The number of hydrogen-bond acceptors (Lipinski definition) is 7. The Bertz CT molecular complexity index is 700. The molecule has 1 heterocycles. The first-order chi connectivity index (χ1) is 10.4. The molecule has 2 rings (SSSR count). The third-order valence-corrected chi connectivity index (χ3v) is 2.99. The van der Waals surface area contributed by atoms with E-state index in [0.717, 1.165) is 18.2 Å². The smallest absolute Gasteiger partial charge is 0.315 e. The van der Waals surface area contributed by atoms with Gasteiger partial charge in [0.15, 0.2) is 5.75 Å². The van der Waals surface area contributed by atoms with Crippen LogP contribution in [0.15, 0.2) is 17.7 Å². The van der Waals surface area contributed by atoms with Crippen LogP contribution >= 0.6 is 0 Å². The molecule has 1 aliphatic rings. The maximum absolute atomic E-state index is 12.1. The highest BCUT2D eigenvalue weighted by Gasteiger charge is 2.23. The van der Waals surface area contributed by atoms with Gasteiger partial charge in [-0.3, -0.25) is 14.9 Å². The van der Waals surface area contributed by atoms with Crippen LogP contribution in [0.5, 0.6) is 11.5 Å². The van der Waals surface area contributed by atoms with Gasteiger partial charge in [0.2, 0.25) is 5.75 Å². The van der Waals surface area contributed by atoms with E-state index in [1.807, 2.05) is 0 Å². The lowest BCUT2D eigenvalue weighted by Crippen LogP contribution is -2.29. The second-order valence-corrected chi connectivity index (χ2v) is 4.44. The molecule has 1 aromatic carbocycles. The molecule has 0 aromatic heterocycles. The predicted octanol–water partition coefficient (Wildman–Crippen LogP) is 0.729. The molecule has 0 spiro atoms. The molecule has 1 fully saturated rings. The summed E-state index contributed by atoms with van der Waals surface area (Å²) < 4.78 is 5.01. The Labute approximate surface area is 124 Å². The van der Waals surface area contributed by atoms with Crippen molar-refractivity contribution in [3.8, 4) is 17.6 Å². The van der Waals surface area contributed by atoms with Crippen molar-refractivity contribution in [3.63, 3.8) is 0 Å². The van der Waals surface area contributed by atoms with Gasteiger partial charge >= 0.3 is 5.69 Å². The predicted molar refractivity (Wildman–Crippen MR) is 72.5 cm³/mol. The zero-order chi connectivity index (χ0) is 16.3. The van der Waals surface area contributed by atoms with Gasteiger partial charge in [0.25, 0.3) is 5.91 Å². The fourth-order valence-corrected chi connectivity index (χ4v) is 1.90. The first kappa shape index (κ1) is 15.3. The molecule has 2 N–H and O–H groups in total. The number of ether oxygens (including phenoxy) is 1. The van der Waals surface area contributed by atoms with E-state index < -0.39 is 28.0 Å². The van der Waals surface area contributed by atoms with Gasteiger partial charge in [-0.05, 0) is 17.7 Å². The van der Waals surface area contributed by atoms with E-state index in [-0.39, 0.29) is 17.9 Å². The molecule has 1 aliphatic heterocycles. The van der Waals surface area contributed by atoms with Crippen molar-refractivity contribution in [3.05, 3.63) is 33.4 Å². The number of amides is 1. The Morgan fingerprint density at radius 2 is 2.23 bits per heavy atom. The Balaban J connectivity index is 2.39. The zero-order valence-electron chi connectivity index (χ0n) is 11.2. The number of benzene rings is 1. The van der Waals surface area contributed by atoms with Crippen LogP contribution in [-0.4, -0.2) is 45.8 Å². The van der Waals surface area contributed by atoms with Crippen LogP contribution in [0.3, 0.4) is 0 Å².